The molecule has 0 aliphatic carbocycles. The molecule has 9 heteroatoms. The first-order chi connectivity index (χ1) is 13.8. The average molecular weight is 375 g/mol. The first-order valence-corrected chi connectivity index (χ1v) is 9.28. The number of imidazole rings is 1. The number of fused-ring (bicyclic) bond motifs is 1. The van der Waals surface area contributed by atoms with E-state index in [1.54, 1.807) is 18.6 Å². The number of nitrogens with zero attached hydrogens (tertiary/aromatic N) is 6. The van der Waals surface area contributed by atoms with E-state index in [1.807, 2.05) is 0 Å². The molecule has 0 saturated carbocycles. The Bertz CT molecular complexity index is 1060. The third-order valence-corrected chi connectivity index (χ3v) is 5.01. The van der Waals surface area contributed by atoms with Gasteiger partial charge in [-0.25, -0.2) is 15.0 Å². The van der Waals surface area contributed by atoms with Gasteiger partial charge >= 0.3 is 0 Å². The maximum absolute atomic E-state index is 4.63. The highest BCUT2D eigenvalue weighted by atomic mass is 15.2. The first kappa shape index (κ1) is 16.7. The second-order valence-corrected chi connectivity index (χ2v) is 6.93. The van der Waals surface area contributed by atoms with Gasteiger partial charge in [0.2, 0.25) is 0 Å². The number of aromatic nitrogens is 6. The van der Waals surface area contributed by atoms with Gasteiger partial charge in [0.1, 0.15) is 11.0 Å². The topological polar surface area (TPSA) is 102 Å². The third kappa shape index (κ3) is 3.16. The van der Waals surface area contributed by atoms with Crippen molar-refractivity contribution in [1.29, 1.82) is 0 Å². The molecule has 0 spiro atoms. The molecule has 1 aliphatic heterocycles. The van der Waals surface area contributed by atoms with Crippen molar-refractivity contribution in [2.45, 2.75) is 0 Å². The molecule has 5 rings (SSSR count). The molecule has 4 heterocycles. The van der Waals surface area contributed by atoms with E-state index in [-0.39, 0.29) is 0 Å². The van der Waals surface area contributed by atoms with Gasteiger partial charge in [-0.05, 0) is 31.3 Å². The third-order valence-electron chi connectivity index (χ3n) is 5.01. The minimum atomic E-state index is 0.524. The quantitative estimate of drug-likeness (QED) is 0.503. The largest absolute Gasteiger partial charge is 0.369 e. The van der Waals surface area contributed by atoms with Gasteiger partial charge in [-0.1, -0.05) is 0 Å². The zero-order chi connectivity index (χ0) is 18.9. The molecule has 1 fully saturated rings. The summed E-state index contributed by atoms with van der Waals surface area (Å²) in [6.45, 7) is 4.29. The van der Waals surface area contributed by atoms with Crippen LogP contribution in [0.15, 0.2) is 42.9 Å². The Balaban J connectivity index is 1.41. The lowest BCUT2D eigenvalue weighted by atomic mass is 10.2. The van der Waals surface area contributed by atoms with Crippen LogP contribution in [0.1, 0.15) is 0 Å². The number of nitrogens with one attached hydrogen (secondary N) is 3. The molecule has 9 nitrogen and oxygen atoms in total. The monoisotopic (exact) mass is 375 g/mol. The molecular formula is C19H21N9. The van der Waals surface area contributed by atoms with Crippen molar-refractivity contribution in [3.8, 4) is 11.6 Å². The summed E-state index contributed by atoms with van der Waals surface area (Å²) in [6.07, 6.45) is 5.12. The molecule has 0 unspecified atom stereocenters. The van der Waals surface area contributed by atoms with Gasteiger partial charge in [0, 0.05) is 49.9 Å². The Hall–Kier alpha value is -3.46. The highest BCUT2D eigenvalue weighted by Gasteiger charge is 2.15. The number of aromatic amines is 2. The Morgan fingerprint density at radius 2 is 1.86 bits per heavy atom. The Morgan fingerprint density at radius 1 is 1.04 bits per heavy atom. The zero-order valence-corrected chi connectivity index (χ0v) is 15.6. The fraction of sp³-hybridized carbons (Fsp3) is 0.263. The van der Waals surface area contributed by atoms with Gasteiger partial charge in [-0.3, -0.25) is 5.10 Å². The van der Waals surface area contributed by atoms with Crippen molar-refractivity contribution in [1.82, 2.24) is 35.0 Å². The number of piperazine rings is 1. The molecule has 4 aromatic rings. The van der Waals surface area contributed by atoms with Crippen molar-refractivity contribution >= 4 is 28.2 Å². The van der Waals surface area contributed by atoms with Crippen LogP contribution < -0.4 is 10.2 Å². The molecule has 3 aromatic heterocycles. The lowest BCUT2D eigenvalue weighted by Crippen LogP contribution is -2.44. The van der Waals surface area contributed by atoms with Crippen LogP contribution in [0.2, 0.25) is 0 Å². The number of rotatable bonds is 4. The molecule has 28 heavy (non-hydrogen) atoms. The molecule has 1 aliphatic rings. The summed E-state index contributed by atoms with van der Waals surface area (Å²) in [5.74, 6) is 1.81. The molecule has 0 atom stereocenters. The first-order valence-electron chi connectivity index (χ1n) is 9.28. The van der Waals surface area contributed by atoms with Gasteiger partial charge in [-0.15, -0.1) is 0 Å². The van der Waals surface area contributed by atoms with Crippen LogP contribution in [0.4, 0.5) is 17.2 Å². The number of H-pyrrole nitrogens is 2. The Labute approximate surface area is 161 Å². The molecule has 0 amide bonds. The highest BCUT2D eigenvalue weighted by Crippen LogP contribution is 2.26. The van der Waals surface area contributed by atoms with Crippen molar-refractivity contribution in [2.75, 3.05) is 43.4 Å². The summed E-state index contributed by atoms with van der Waals surface area (Å²) in [7, 11) is 2.17. The number of likely N-dealkylation sites (N-methyl/N-ethyl adjacent to an activating group) is 1. The summed E-state index contributed by atoms with van der Waals surface area (Å²) < 4.78 is 0. The maximum atomic E-state index is 4.63. The van der Waals surface area contributed by atoms with Gasteiger partial charge in [0.15, 0.2) is 17.5 Å². The summed E-state index contributed by atoms with van der Waals surface area (Å²) in [4.78, 5) is 21.2. The number of benzene rings is 1. The highest BCUT2D eigenvalue weighted by molar-refractivity contribution is 5.88. The van der Waals surface area contributed by atoms with Crippen molar-refractivity contribution in [3.63, 3.8) is 0 Å². The summed E-state index contributed by atoms with van der Waals surface area (Å²) in [5.41, 5.74) is 3.69. The van der Waals surface area contributed by atoms with Crippen LogP contribution in [-0.2, 0) is 0 Å². The minimum Gasteiger partial charge on any atom is -0.369 e. The van der Waals surface area contributed by atoms with Crippen molar-refractivity contribution in [3.05, 3.63) is 42.9 Å². The van der Waals surface area contributed by atoms with E-state index in [0.29, 0.717) is 17.5 Å². The molecule has 1 aromatic carbocycles. The van der Waals surface area contributed by atoms with E-state index < -0.39 is 0 Å². The number of hydrogen-bond donors (Lipinski definition) is 3. The van der Waals surface area contributed by atoms with Crippen LogP contribution in [0, 0.1) is 0 Å². The molecular weight excluding hydrogens is 354 g/mol. The number of anilines is 3. The van der Waals surface area contributed by atoms with E-state index in [0.717, 1.165) is 42.9 Å². The standard InChI is InChI=1S/C19H21N9/c1-27-8-10-28(11-9-27)14-4-2-13(3-5-14)23-17-16-15(12-22-26-16)24-19(25-17)18-20-6-7-21-18/h2-7,12H,8-11H2,1H3,(H,20,21)(H,22,26)(H,23,24,25). The predicted molar refractivity (Wildman–Crippen MR) is 109 cm³/mol. The van der Waals surface area contributed by atoms with Crippen LogP contribution >= 0.6 is 0 Å². The van der Waals surface area contributed by atoms with E-state index in [2.05, 4.69) is 76.6 Å². The van der Waals surface area contributed by atoms with E-state index in [4.69, 9.17) is 0 Å². The van der Waals surface area contributed by atoms with Crippen LogP contribution in [0.5, 0.6) is 0 Å². The zero-order valence-electron chi connectivity index (χ0n) is 15.6. The Kier molecular flexibility index (Phi) is 4.13. The molecule has 1 saturated heterocycles. The van der Waals surface area contributed by atoms with E-state index in [1.165, 1.54) is 5.69 Å². The molecule has 0 radical (unpaired) electrons. The van der Waals surface area contributed by atoms with E-state index in [9.17, 15) is 0 Å². The molecule has 0 bridgehead atoms. The summed E-state index contributed by atoms with van der Waals surface area (Å²) in [5, 5.41) is 10.4. The van der Waals surface area contributed by atoms with Gasteiger partial charge in [-0.2, -0.15) is 5.10 Å². The van der Waals surface area contributed by atoms with Gasteiger partial charge < -0.3 is 20.1 Å². The average Bonchev–Trinajstić information content (AvgIpc) is 3.41. The fourth-order valence-corrected chi connectivity index (χ4v) is 3.38. The van der Waals surface area contributed by atoms with Crippen LogP contribution in [0.25, 0.3) is 22.7 Å². The lowest BCUT2D eigenvalue weighted by molar-refractivity contribution is 0.313. The van der Waals surface area contributed by atoms with Crippen molar-refractivity contribution in [2.24, 2.45) is 0 Å². The maximum Gasteiger partial charge on any atom is 0.198 e. The predicted octanol–water partition coefficient (Wildman–Crippen LogP) is 2.24. The van der Waals surface area contributed by atoms with Crippen LogP contribution in [-0.4, -0.2) is 68.3 Å². The normalized spacial score (nSPS) is 15.2. The van der Waals surface area contributed by atoms with E-state index >= 15 is 0 Å². The van der Waals surface area contributed by atoms with Gasteiger partial charge in [0.05, 0.1) is 6.20 Å². The minimum absolute atomic E-state index is 0.524. The number of hydrogen-bond acceptors (Lipinski definition) is 7. The van der Waals surface area contributed by atoms with Crippen molar-refractivity contribution < 1.29 is 0 Å². The second kappa shape index (κ2) is 6.93. The smallest absolute Gasteiger partial charge is 0.198 e. The summed E-state index contributed by atoms with van der Waals surface area (Å²) in [6, 6.07) is 8.44. The molecule has 142 valence electrons. The fourth-order valence-electron chi connectivity index (χ4n) is 3.38. The SMILES string of the molecule is CN1CCN(c2ccc(Nc3nc(-c4ncc[nH]4)nc4cn[nH]c34)cc2)CC1. The Morgan fingerprint density at radius 3 is 2.61 bits per heavy atom. The van der Waals surface area contributed by atoms with Crippen LogP contribution in [0.3, 0.4) is 0 Å². The molecule has 3 N–H and O–H groups in total. The summed E-state index contributed by atoms with van der Waals surface area (Å²) >= 11 is 0. The second-order valence-electron chi connectivity index (χ2n) is 6.93. The lowest BCUT2D eigenvalue weighted by Gasteiger charge is -2.34. The van der Waals surface area contributed by atoms with Gasteiger partial charge in [0.25, 0.3) is 0 Å².